The number of aliphatic imine (C=N–C) groups is 1. The Kier molecular flexibility index (Phi) is 10.7. The van der Waals surface area contributed by atoms with Crippen molar-refractivity contribution in [3.05, 3.63) is 11.6 Å². The second-order valence-electron chi connectivity index (χ2n) is 7.64. The van der Waals surface area contributed by atoms with Gasteiger partial charge in [0.1, 0.15) is 12.4 Å². The van der Waals surface area contributed by atoms with Crippen LogP contribution in [0.3, 0.4) is 0 Å². The minimum atomic E-state index is 0.262. The molecule has 0 bridgehead atoms. The van der Waals surface area contributed by atoms with Crippen molar-refractivity contribution in [2.75, 3.05) is 25.1 Å². The standard InChI is InChI=1S/C19H38N6S/c1-7-8-9-11-19(3,4)15-22-18(20-12-10-13-26-6)21-14-17-24-23-16(2)25(17)5/h7-15H2,1-6H3,(H2,20,21,22). The zero-order valence-electron chi connectivity index (χ0n) is 17.6. The van der Waals surface area contributed by atoms with Gasteiger partial charge in [-0.05, 0) is 37.2 Å². The molecule has 0 atom stereocenters. The number of thioether (sulfide) groups is 1. The number of unbranched alkanes of at least 4 members (excludes halogenated alkanes) is 2. The van der Waals surface area contributed by atoms with E-state index in [9.17, 15) is 0 Å². The minimum absolute atomic E-state index is 0.262. The number of aryl methyl sites for hydroxylation is 1. The van der Waals surface area contributed by atoms with Gasteiger partial charge in [-0.1, -0.05) is 40.0 Å². The second kappa shape index (κ2) is 12.2. The van der Waals surface area contributed by atoms with Gasteiger partial charge in [0.05, 0.1) is 0 Å². The Morgan fingerprint density at radius 2 is 1.96 bits per heavy atom. The lowest BCUT2D eigenvalue weighted by molar-refractivity contribution is 0.318. The van der Waals surface area contributed by atoms with Crippen molar-refractivity contribution in [1.82, 2.24) is 25.4 Å². The first kappa shape index (κ1) is 22.8. The van der Waals surface area contributed by atoms with Crippen LogP contribution < -0.4 is 10.6 Å². The summed E-state index contributed by atoms with van der Waals surface area (Å²) in [6, 6.07) is 0. The van der Waals surface area contributed by atoms with Crippen molar-refractivity contribution in [2.24, 2.45) is 17.5 Å². The molecule has 1 aromatic rings. The average Bonchev–Trinajstić information content (AvgIpc) is 2.92. The molecular formula is C19H38N6S. The van der Waals surface area contributed by atoms with Crippen LogP contribution in [-0.4, -0.2) is 45.8 Å². The lowest BCUT2D eigenvalue weighted by Crippen LogP contribution is -2.42. The molecule has 1 rings (SSSR count). The SMILES string of the molecule is CCCCCC(C)(C)CNC(=NCc1nnc(C)n1C)NCCCSC. The summed E-state index contributed by atoms with van der Waals surface area (Å²) in [7, 11) is 1.98. The van der Waals surface area contributed by atoms with Crippen LogP contribution in [0.5, 0.6) is 0 Å². The summed E-state index contributed by atoms with van der Waals surface area (Å²) in [6.45, 7) is 11.2. The van der Waals surface area contributed by atoms with Crippen molar-refractivity contribution in [2.45, 2.75) is 66.3 Å². The van der Waals surface area contributed by atoms with Gasteiger partial charge in [-0.2, -0.15) is 11.8 Å². The molecule has 7 heteroatoms. The first-order valence-electron chi connectivity index (χ1n) is 9.75. The molecule has 0 amide bonds. The first-order chi connectivity index (χ1) is 12.4. The van der Waals surface area contributed by atoms with Crippen LogP contribution in [0.2, 0.25) is 0 Å². The molecule has 0 radical (unpaired) electrons. The van der Waals surface area contributed by atoms with Crippen molar-refractivity contribution in [3.8, 4) is 0 Å². The van der Waals surface area contributed by atoms with Gasteiger partial charge in [-0.3, -0.25) is 0 Å². The normalized spacial score (nSPS) is 12.5. The molecule has 2 N–H and O–H groups in total. The highest BCUT2D eigenvalue weighted by molar-refractivity contribution is 7.98. The summed E-state index contributed by atoms with van der Waals surface area (Å²) in [4.78, 5) is 4.73. The number of guanidine groups is 1. The topological polar surface area (TPSA) is 67.1 Å². The molecule has 26 heavy (non-hydrogen) atoms. The highest BCUT2D eigenvalue weighted by Gasteiger charge is 2.17. The third kappa shape index (κ3) is 8.92. The largest absolute Gasteiger partial charge is 0.356 e. The number of hydrogen-bond donors (Lipinski definition) is 2. The maximum atomic E-state index is 4.73. The summed E-state index contributed by atoms with van der Waals surface area (Å²) in [5, 5.41) is 15.3. The van der Waals surface area contributed by atoms with E-state index in [0.717, 1.165) is 42.9 Å². The summed E-state index contributed by atoms with van der Waals surface area (Å²) in [5.74, 6) is 3.82. The highest BCUT2D eigenvalue weighted by Crippen LogP contribution is 2.22. The predicted molar refractivity (Wildman–Crippen MR) is 114 cm³/mol. The van der Waals surface area contributed by atoms with Crippen LogP contribution in [0.1, 0.15) is 64.5 Å². The molecule has 0 saturated carbocycles. The van der Waals surface area contributed by atoms with E-state index in [1.54, 1.807) is 0 Å². The molecule has 0 aliphatic carbocycles. The zero-order chi connectivity index (χ0) is 19.4. The first-order valence-corrected chi connectivity index (χ1v) is 11.1. The lowest BCUT2D eigenvalue weighted by Gasteiger charge is -2.26. The second-order valence-corrected chi connectivity index (χ2v) is 8.62. The van der Waals surface area contributed by atoms with Crippen LogP contribution >= 0.6 is 11.8 Å². The van der Waals surface area contributed by atoms with Gasteiger partial charge in [0.15, 0.2) is 11.8 Å². The van der Waals surface area contributed by atoms with Gasteiger partial charge in [-0.15, -0.1) is 10.2 Å². The Hall–Kier alpha value is -1.24. The predicted octanol–water partition coefficient (Wildman–Crippen LogP) is 3.52. The molecule has 1 heterocycles. The van der Waals surface area contributed by atoms with E-state index in [2.05, 4.69) is 47.9 Å². The molecule has 0 aliphatic heterocycles. The van der Waals surface area contributed by atoms with Crippen LogP contribution in [0.15, 0.2) is 4.99 Å². The fraction of sp³-hybridized carbons (Fsp3) is 0.842. The quantitative estimate of drug-likeness (QED) is 0.329. The summed E-state index contributed by atoms with van der Waals surface area (Å²) < 4.78 is 1.99. The molecular weight excluding hydrogens is 344 g/mol. The van der Waals surface area contributed by atoms with E-state index in [-0.39, 0.29) is 5.41 Å². The smallest absolute Gasteiger partial charge is 0.191 e. The number of nitrogens with zero attached hydrogens (tertiary/aromatic N) is 4. The van der Waals surface area contributed by atoms with Crippen molar-refractivity contribution in [3.63, 3.8) is 0 Å². The van der Waals surface area contributed by atoms with Crippen LogP contribution in [0.4, 0.5) is 0 Å². The number of rotatable bonds is 12. The zero-order valence-corrected chi connectivity index (χ0v) is 18.4. The third-order valence-electron chi connectivity index (χ3n) is 4.57. The van der Waals surface area contributed by atoms with E-state index in [4.69, 9.17) is 4.99 Å². The third-order valence-corrected chi connectivity index (χ3v) is 5.27. The van der Waals surface area contributed by atoms with E-state index in [0.29, 0.717) is 6.54 Å². The summed E-state index contributed by atoms with van der Waals surface area (Å²) >= 11 is 1.88. The fourth-order valence-electron chi connectivity index (χ4n) is 2.60. The van der Waals surface area contributed by atoms with Gasteiger partial charge < -0.3 is 15.2 Å². The van der Waals surface area contributed by atoms with Gasteiger partial charge in [0.2, 0.25) is 0 Å². The molecule has 6 nitrogen and oxygen atoms in total. The number of nitrogens with one attached hydrogen (secondary N) is 2. The Balaban J connectivity index is 2.62. The van der Waals surface area contributed by atoms with Crippen LogP contribution in [0, 0.1) is 12.3 Å². The molecule has 0 saturated heterocycles. The minimum Gasteiger partial charge on any atom is -0.356 e. The highest BCUT2D eigenvalue weighted by atomic mass is 32.2. The number of hydrogen-bond acceptors (Lipinski definition) is 4. The fourth-order valence-corrected chi connectivity index (χ4v) is 3.03. The van der Waals surface area contributed by atoms with Crippen LogP contribution in [-0.2, 0) is 13.6 Å². The van der Waals surface area contributed by atoms with Gasteiger partial charge >= 0.3 is 0 Å². The molecule has 0 fully saturated rings. The van der Waals surface area contributed by atoms with Crippen molar-refractivity contribution >= 4 is 17.7 Å². The van der Waals surface area contributed by atoms with E-state index in [1.165, 1.54) is 25.7 Å². The van der Waals surface area contributed by atoms with E-state index in [1.807, 2.05) is 30.3 Å². The Morgan fingerprint density at radius 1 is 1.19 bits per heavy atom. The molecule has 1 aromatic heterocycles. The summed E-state index contributed by atoms with van der Waals surface area (Å²) in [5.41, 5.74) is 0.262. The molecule has 0 aromatic carbocycles. The molecule has 0 aliphatic rings. The maximum absolute atomic E-state index is 4.73. The average molecular weight is 383 g/mol. The van der Waals surface area contributed by atoms with Crippen LogP contribution in [0.25, 0.3) is 0 Å². The van der Waals surface area contributed by atoms with Gasteiger partial charge in [0, 0.05) is 20.1 Å². The molecule has 0 unspecified atom stereocenters. The van der Waals surface area contributed by atoms with Gasteiger partial charge in [-0.25, -0.2) is 4.99 Å². The summed E-state index contributed by atoms with van der Waals surface area (Å²) in [6.07, 6.45) is 8.37. The molecule has 0 spiro atoms. The van der Waals surface area contributed by atoms with Crippen molar-refractivity contribution < 1.29 is 0 Å². The maximum Gasteiger partial charge on any atom is 0.191 e. The van der Waals surface area contributed by atoms with Crippen molar-refractivity contribution in [1.29, 1.82) is 0 Å². The monoisotopic (exact) mass is 382 g/mol. The van der Waals surface area contributed by atoms with Gasteiger partial charge in [0.25, 0.3) is 0 Å². The lowest BCUT2D eigenvalue weighted by atomic mass is 9.87. The Bertz CT molecular complexity index is 538. The van der Waals surface area contributed by atoms with E-state index >= 15 is 0 Å². The van der Waals surface area contributed by atoms with E-state index < -0.39 is 0 Å². The molecule has 150 valence electrons. The Morgan fingerprint density at radius 3 is 2.58 bits per heavy atom. The Labute approximate surface area is 164 Å². The number of aromatic nitrogens is 3.